The van der Waals surface area contributed by atoms with Gasteiger partial charge in [0.25, 0.3) is 5.91 Å². The van der Waals surface area contributed by atoms with Gasteiger partial charge >= 0.3 is 6.09 Å². The molecule has 3 amide bonds. The lowest BCUT2D eigenvalue weighted by Crippen LogP contribution is -2.44. The van der Waals surface area contributed by atoms with Crippen molar-refractivity contribution in [2.24, 2.45) is 0 Å². The quantitative estimate of drug-likeness (QED) is 0.845. The van der Waals surface area contributed by atoms with E-state index >= 15 is 0 Å². The average Bonchev–Trinajstić information content (AvgIpc) is 3.19. The predicted octanol–water partition coefficient (Wildman–Crippen LogP) is 3.02. The Labute approximate surface area is 161 Å². The Morgan fingerprint density at radius 3 is 2.26 bits per heavy atom. The van der Waals surface area contributed by atoms with Crippen molar-refractivity contribution in [3.05, 3.63) is 60.2 Å². The summed E-state index contributed by atoms with van der Waals surface area (Å²) in [5.74, 6) is 0.636. The first-order valence-corrected chi connectivity index (χ1v) is 9.43. The SMILES string of the molecule is COC(=O)Nc1ccc(NC(=O)C2CSCN2C(=O)c2ccccc2)cc1. The molecule has 3 rings (SSSR count). The molecule has 2 aromatic rings. The summed E-state index contributed by atoms with van der Waals surface area (Å²) >= 11 is 1.55. The Morgan fingerprint density at radius 2 is 1.63 bits per heavy atom. The number of carbonyl (C=O) groups is 3. The summed E-state index contributed by atoms with van der Waals surface area (Å²) in [5.41, 5.74) is 1.70. The minimum Gasteiger partial charge on any atom is -0.453 e. The lowest BCUT2D eigenvalue weighted by molar-refractivity contribution is -0.119. The Hall–Kier alpha value is -3.00. The molecule has 1 aliphatic rings. The highest BCUT2D eigenvalue weighted by Crippen LogP contribution is 2.24. The highest BCUT2D eigenvalue weighted by atomic mass is 32.2. The minimum absolute atomic E-state index is 0.154. The maximum absolute atomic E-state index is 12.7. The van der Waals surface area contributed by atoms with Crippen LogP contribution in [0.4, 0.5) is 16.2 Å². The first kappa shape index (κ1) is 18.8. The van der Waals surface area contributed by atoms with Gasteiger partial charge in [0.1, 0.15) is 6.04 Å². The molecule has 1 atom stereocenters. The van der Waals surface area contributed by atoms with Gasteiger partial charge in [0, 0.05) is 22.7 Å². The third-order valence-electron chi connectivity index (χ3n) is 4.05. The maximum Gasteiger partial charge on any atom is 0.411 e. The van der Waals surface area contributed by atoms with Crippen LogP contribution in [-0.2, 0) is 9.53 Å². The number of amides is 3. The van der Waals surface area contributed by atoms with E-state index in [1.54, 1.807) is 65.2 Å². The molecule has 1 fully saturated rings. The van der Waals surface area contributed by atoms with E-state index in [4.69, 9.17) is 0 Å². The fraction of sp³-hybridized carbons (Fsp3) is 0.211. The van der Waals surface area contributed by atoms with Crippen molar-refractivity contribution in [1.82, 2.24) is 4.90 Å². The molecule has 0 spiro atoms. The molecule has 0 bridgehead atoms. The predicted molar refractivity (Wildman–Crippen MR) is 105 cm³/mol. The van der Waals surface area contributed by atoms with Crippen molar-refractivity contribution in [3.8, 4) is 0 Å². The Kier molecular flexibility index (Phi) is 5.97. The maximum atomic E-state index is 12.7. The van der Waals surface area contributed by atoms with E-state index in [1.165, 1.54) is 7.11 Å². The molecule has 140 valence electrons. The molecule has 7 nitrogen and oxygen atoms in total. The second-order valence-electron chi connectivity index (χ2n) is 5.84. The molecule has 27 heavy (non-hydrogen) atoms. The van der Waals surface area contributed by atoms with Gasteiger partial charge in [-0.1, -0.05) is 18.2 Å². The second kappa shape index (κ2) is 8.59. The number of rotatable bonds is 4. The molecular weight excluding hydrogens is 366 g/mol. The fourth-order valence-electron chi connectivity index (χ4n) is 2.64. The zero-order valence-electron chi connectivity index (χ0n) is 14.7. The molecule has 1 heterocycles. The van der Waals surface area contributed by atoms with Gasteiger partial charge < -0.3 is 15.0 Å². The first-order chi connectivity index (χ1) is 13.1. The standard InChI is InChI=1S/C19H19N3O4S/c1-26-19(25)21-15-9-7-14(8-10-15)20-17(23)16-11-27-12-22(16)18(24)13-5-3-2-4-6-13/h2-10,16H,11-12H2,1H3,(H,20,23)(H,21,25). The molecule has 0 radical (unpaired) electrons. The van der Waals surface area contributed by atoms with Crippen molar-refractivity contribution >= 4 is 41.0 Å². The summed E-state index contributed by atoms with van der Waals surface area (Å²) in [4.78, 5) is 38.1. The van der Waals surface area contributed by atoms with Crippen LogP contribution in [0.2, 0.25) is 0 Å². The van der Waals surface area contributed by atoms with E-state index in [0.717, 1.165) is 0 Å². The highest BCUT2D eigenvalue weighted by molar-refractivity contribution is 7.99. The number of benzene rings is 2. The van der Waals surface area contributed by atoms with Crippen LogP contribution in [0.3, 0.4) is 0 Å². The van der Waals surface area contributed by atoms with Crippen LogP contribution in [0.5, 0.6) is 0 Å². The van der Waals surface area contributed by atoms with E-state index < -0.39 is 12.1 Å². The van der Waals surface area contributed by atoms with Crippen LogP contribution in [0, 0.1) is 0 Å². The number of hydrogen-bond donors (Lipinski definition) is 2. The van der Waals surface area contributed by atoms with Gasteiger partial charge in [-0.05, 0) is 36.4 Å². The molecule has 0 aliphatic carbocycles. The Bertz CT molecular complexity index is 827. The summed E-state index contributed by atoms with van der Waals surface area (Å²) in [7, 11) is 1.28. The van der Waals surface area contributed by atoms with Crippen molar-refractivity contribution in [2.45, 2.75) is 6.04 Å². The molecule has 1 unspecified atom stereocenters. The molecule has 0 aromatic heterocycles. The van der Waals surface area contributed by atoms with E-state index in [1.807, 2.05) is 6.07 Å². The highest BCUT2D eigenvalue weighted by Gasteiger charge is 2.35. The number of carbonyl (C=O) groups excluding carboxylic acids is 3. The van der Waals surface area contributed by atoms with Gasteiger partial charge in [0.05, 0.1) is 13.0 Å². The van der Waals surface area contributed by atoms with Gasteiger partial charge in [-0.25, -0.2) is 4.79 Å². The molecule has 0 saturated carbocycles. The van der Waals surface area contributed by atoms with E-state index in [9.17, 15) is 14.4 Å². The van der Waals surface area contributed by atoms with Crippen LogP contribution >= 0.6 is 11.8 Å². The topological polar surface area (TPSA) is 87.7 Å². The third-order valence-corrected chi connectivity index (χ3v) is 5.06. The van der Waals surface area contributed by atoms with E-state index in [0.29, 0.717) is 28.6 Å². The summed E-state index contributed by atoms with van der Waals surface area (Å²) in [6.07, 6.45) is -0.565. The van der Waals surface area contributed by atoms with Crippen LogP contribution in [-0.4, -0.2) is 47.6 Å². The first-order valence-electron chi connectivity index (χ1n) is 8.28. The Balaban J connectivity index is 1.64. The monoisotopic (exact) mass is 385 g/mol. The van der Waals surface area contributed by atoms with Crippen LogP contribution in [0.15, 0.2) is 54.6 Å². The average molecular weight is 385 g/mol. The smallest absolute Gasteiger partial charge is 0.411 e. The van der Waals surface area contributed by atoms with E-state index in [2.05, 4.69) is 15.4 Å². The Morgan fingerprint density at radius 1 is 1.00 bits per heavy atom. The zero-order chi connectivity index (χ0) is 19.2. The number of nitrogens with one attached hydrogen (secondary N) is 2. The van der Waals surface area contributed by atoms with Crippen molar-refractivity contribution in [1.29, 1.82) is 0 Å². The largest absolute Gasteiger partial charge is 0.453 e. The number of thioether (sulfide) groups is 1. The van der Waals surface area contributed by atoms with Crippen molar-refractivity contribution < 1.29 is 19.1 Å². The number of ether oxygens (including phenoxy) is 1. The van der Waals surface area contributed by atoms with Gasteiger partial charge in [0.2, 0.25) is 5.91 Å². The van der Waals surface area contributed by atoms with Crippen molar-refractivity contribution in [3.63, 3.8) is 0 Å². The molecule has 1 aliphatic heterocycles. The number of hydrogen-bond acceptors (Lipinski definition) is 5. The van der Waals surface area contributed by atoms with Crippen LogP contribution in [0.25, 0.3) is 0 Å². The van der Waals surface area contributed by atoms with Gasteiger partial charge in [-0.2, -0.15) is 0 Å². The molecular formula is C19H19N3O4S. The van der Waals surface area contributed by atoms with Gasteiger partial charge in [0.15, 0.2) is 0 Å². The third kappa shape index (κ3) is 4.59. The number of methoxy groups -OCH3 is 1. The normalized spacial score (nSPS) is 15.9. The fourth-order valence-corrected chi connectivity index (χ4v) is 3.79. The molecule has 1 saturated heterocycles. The van der Waals surface area contributed by atoms with Gasteiger partial charge in [-0.15, -0.1) is 11.8 Å². The lowest BCUT2D eigenvalue weighted by Gasteiger charge is -2.23. The molecule has 2 aromatic carbocycles. The van der Waals surface area contributed by atoms with Gasteiger partial charge in [-0.3, -0.25) is 14.9 Å². The van der Waals surface area contributed by atoms with Crippen LogP contribution in [0.1, 0.15) is 10.4 Å². The minimum atomic E-state index is -0.565. The summed E-state index contributed by atoms with van der Waals surface area (Å²) < 4.78 is 4.53. The number of anilines is 2. The molecule has 8 heteroatoms. The molecule has 2 N–H and O–H groups in total. The summed E-state index contributed by atoms with van der Waals surface area (Å²) in [6.45, 7) is 0. The van der Waals surface area contributed by atoms with Crippen molar-refractivity contribution in [2.75, 3.05) is 29.4 Å². The lowest BCUT2D eigenvalue weighted by atomic mass is 10.1. The summed E-state index contributed by atoms with van der Waals surface area (Å²) in [5, 5.41) is 5.36. The van der Waals surface area contributed by atoms with Crippen LogP contribution < -0.4 is 10.6 Å². The number of nitrogens with zero attached hydrogens (tertiary/aromatic N) is 1. The summed E-state index contributed by atoms with van der Waals surface area (Å²) in [6, 6.07) is 15.1. The second-order valence-corrected chi connectivity index (χ2v) is 6.84. The zero-order valence-corrected chi connectivity index (χ0v) is 15.5. The van der Waals surface area contributed by atoms with E-state index in [-0.39, 0.29) is 11.8 Å².